The molecule has 3 rings (SSSR count). The van der Waals surface area contributed by atoms with E-state index in [1.54, 1.807) is 34.9 Å². The van der Waals surface area contributed by atoms with Gasteiger partial charge in [-0.3, -0.25) is 0 Å². The Hall–Kier alpha value is -2.45. The van der Waals surface area contributed by atoms with Gasteiger partial charge in [0.15, 0.2) is 4.77 Å². The van der Waals surface area contributed by atoms with Gasteiger partial charge >= 0.3 is 0 Å². The SMILES string of the molecule is N#Cc1cccc2c1[nH]c(=S)n2Cc1ccccc1F. The second-order valence-electron chi connectivity index (χ2n) is 4.42. The van der Waals surface area contributed by atoms with Crippen molar-refractivity contribution in [3.05, 3.63) is 64.2 Å². The summed E-state index contributed by atoms with van der Waals surface area (Å²) in [6.07, 6.45) is 0. The molecule has 0 unspecified atom stereocenters. The van der Waals surface area contributed by atoms with Gasteiger partial charge in [-0.05, 0) is 30.4 Å². The number of hydrogen-bond acceptors (Lipinski definition) is 2. The minimum Gasteiger partial charge on any atom is -0.329 e. The number of hydrogen-bond donors (Lipinski definition) is 1. The Morgan fingerprint density at radius 2 is 2.00 bits per heavy atom. The number of H-pyrrole nitrogens is 1. The fourth-order valence-electron chi connectivity index (χ4n) is 2.23. The van der Waals surface area contributed by atoms with Crippen molar-refractivity contribution in [3.8, 4) is 6.07 Å². The fraction of sp³-hybridized carbons (Fsp3) is 0.0667. The van der Waals surface area contributed by atoms with Gasteiger partial charge in [0, 0.05) is 5.56 Å². The minimum absolute atomic E-state index is 0.264. The summed E-state index contributed by atoms with van der Waals surface area (Å²) in [5.41, 5.74) is 2.58. The molecule has 1 heterocycles. The monoisotopic (exact) mass is 283 g/mol. The highest BCUT2D eigenvalue weighted by Crippen LogP contribution is 2.20. The number of rotatable bonds is 2. The predicted octanol–water partition coefficient (Wildman–Crippen LogP) is 3.76. The lowest BCUT2D eigenvalue weighted by Gasteiger charge is -2.06. The van der Waals surface area contributed by atoms with Gasteiger partial charge in [-0.2, -0.15) is 5.26 Å². The summed E-state index contributed by atoms with van der Waals surface area (Å²) in [4.78, 5) is 3.02. The topological polar surface area (TPSA) is 44.5 Å². The third-order valence-electron chi connectivity index (χ3n) is 3.22. The highest BCUT2D eigenvalue weighted by Gasteiger charge is 2.10. The van der Waals surface area contributed by atoms with E-state index in [1.165, 1.54) is 6.07 Å². The van der Waals surface area contributed by atoms with Crippen LogP contribution in [0.15, 0.2) is 42.5 Å². The first-order valence-corrected chi connectivity index (χ1v) is 6.46. The number of aromatic nitrogens is 2. The maximum absolute atomic E-state index is 13.7. The van der Waals surface area contributed by atoms with Crippen LogP contribution in [0.5, 0.6) is 0 Å². The molecule has 0 amide bonds. The first-order valence-electron chi connectivity index (χ1n) is 6.06. The molecule has 0 saturated heterocycles. The number of nitrogens with one attached hydrogen (secondary N) is 1. The lowest BCUT2D eigenvalue weighted by Crippen LogP contribution is -2.01. The van der Waals surface area contributed by atoms with Crippen molar-refractivity contribution in [2.75, 3.05) is 0 Å². The molecule has 0 spiro atoms. The Balaban J connectivity index is 2.18. The molecule has 1 N–H and O–H groups in total. The Morgan fingerprint density at radius 3 is 2.75 bits per heavy atom. The normalized spacial score (nSPS) is 10.6. The zero-order chi connectivity index (χ0) is 14.1. The van der Waals surface area contributed by atoms with Crippen LogP contribution in [0.2, 0.25) is 0 Å². The van der Waals surface area contributed by atoms with E-state index in [1.807, 2.05) is 6.07 Å². The molecule has 20 heavy (non-hydrogen) atoms. The zero-order valence-corrected chi connectivity index (χ0v) is 11.2. The number of para-hydroxylation sites is 1. The maximum atomic E-state index is 13.7. The number of nitriles is 1. The molecule has 0 atom stereocenters. The van der Waals surface area contributed by atoms with Crippen molar-refractivity contribution in [1.82, 2.24) is 9.55 Å². The van der Waals surface area contributed by atoms with Gasteiger partial charge in [0.05, 0.1) is 23.1 Å². The van der Waals surface area contributed by atoms with E-state index in [0.717, 1.165) is 5.52 Å². The highest BCUT2D eigenvalue weighted by atomic mass is 32.1. The average Bonchev–Trinajstić information content (AvgIpc) is 2.77. The Kier molecular flexibility index (Phi) is 3.09. The third-order valence-corrected chi connectivity index (χ3v) is 3.54. The van der Waals surface area contributed by atoms with E-state index < -0.39 is 0 Å². The number of nitrogens with zero attached hydrogens (tertiary/aromatic N) is 2. The smallest absolute Gasteiger partial charge is 0.178 e. The second kappa shape index (κ2) is 4.91. The molecule has 1 aromatic heterocycles. The molecule has 0 aliphatic rings. The molecule has 98 valence electrons. The van der Waals surface area contributed by atoms with Crippen LogP contribution >= 0.6 is 12.2 Å². The van der Waals surface area contributed by atoms with Crippen molar-refractivity contribution < 1.29 is 4.39 Å². The summed E-state index contributed by atoms with van der Waals surface area (Å²) >= 11 is 5.28. The largest absolute Gasteiger partial charge is 0.329 e. The van der Waals surface area contributed by atoms with Crippen LogP contribution in [0.25, 0.3) is 11.0 Å². The first-order chi connectivity index (χ1) is 9.70. The van der Waals surface area contributed by atoms with E-state index in [4.69, 9.17) is 17.5 Å². The Labute approximate surface area is 119 Å². The minimum atomic E-state index is -0.264. The molecule has 0 aliphatic carbocycles. The molecule has 0 aliphatic heterocycles. The van der Waals surface area contributed by atoms with Gasteiger partial charge in [0.25, 0.3) is 0 Å². The summed E-state index contributed by atoms with van der Waals surface area (Å²) in [6, 6.07) is 14.1. The fourth-order valence-corrected chi connectivity index (χ4v) is 2.49. The Bertz CT molecular complexity index is 886. The van der Waals surface area contributed by atoms with E-state index in [9.17, 15) is 4.39 Å². The van der Waals surface area contributed by atoms with Gasteiger partial charge in [-0.1, -0.05) is 24.3 Å². The summed E-state index contributed by atoms with van der Waals surface area (Å²) in [5, 5.41) is 9.10. The molecule has 0 saturated carbocycles. The van der Waals surface area contributed by atoms with E-state index in [0.29, 0.717) is 28.0 Å². The van der Waals surface area contributed by atoms with Crippen LogP contribution in [0.1, 0.15) is 11.1 Å². The zero-order valence-electron chi connectivity index (χ0n) is 10.4. The lowest BCUT2D eigenvalue weighted by atomic mass is 10.2. The summed E-state index contributed by atoms with van der Waals surface area (Å²) < 4.78 is 16.0. The third kappa shape index (κ3) is 2.00. The first kappa shape index (κ1) is 12.6. The van der Waals surface area contributed by atoms with Crippen molar-refractivity contribution in [1.29, 1.82) is 5.26 Å². The van der Waals surface area contributed by atoms with Crippen molar-refractivity contribution in [2.45, 2.75) is 6.54 Å². The molecule has 3 aromatic rings. The second-order valence-corrected chi connectivity index (χ2v) is 4.81. The molecule has 0 fully saturated rings. The molecule has 3 nitrogen and oxygen atoms in total. The standard InChI is InChI=1S/C15H10FN3S/c16-12-6-2-1-4-11(12)9-19-13-7-3-5-10(8-17)14(13)18-15(19)20/h1-7H,9H2,(H,18,20). The Morgan fingerprint density at radius 1 is 1.20 bits per heavy atom. The van der Waals surface area contributed by atoms with Crippen molar-refractivity contribution in [2.24, 2.45) is 0 Å². The number of aromatic amines is 1. The average molecular weight is 283 g/mol. The van der Waals surface area contributed by atoms with Crippen LogP contribution in [-0.2, 0) is 6.54 Å². The van der Waals surface area contributed by atoms with Gasteiger partial charge in [-0.25, -0.2) is 4.39 Å². The molecule has 0 radical (unpaired) electrons. The quantitative estimate of drug-likeness (QED) is 0.728. The molecular weight excluding hydrogens is 273 g/mol. The number of benzene rings is 2. The summed E-state index contributed by atoms with van der Waals surface area (Å²) in [6.45, 7) is 0.334. The maximum Gasteiger partial charge on any atom is 0.178 e. The van der Waals surface area contributed by atoms with E-state index in [2.05, 4.69) is 11.1 Å². The molecule has 5 heteroatoms. The van der Waals surface area contributed by atoms with Crippen LogP contribution in [0, 0.1) is 21.9 Å². The summed E-state index contributed by atoms with van der Waals surface area (Å²) in [5.74, 6) is -0.264. The number of halogens is 1. The van der Waals surface area contributed by atoms with Crippen LogP contribution in [-0.4, -0.2) is 9.55 Å². The van der Waals surface area contributed by atoms with Crippen molar-refractivity contribution in [3.63, 3.8) is 0 Å². The van der Waals surface area contributed by atoms with Crippen LogP contribution < -0.4 is 0 Å². The van der Waals surface area contributed by atoms with Crippen LogP contribution in [0.3, 0.4) is 0 Å². The summed E-state index contributed by atoms with van der Waals surface area (Å²) in [7, 11) is 0. The van der Waals surface area contributed by atoms with Crippen molar-refractivity contribution >= 4 is 23.3 Å². The van der Waals surface area contributed by atoms with E-state index >= 15 is 0 Å². The molecule has 0 bridgehead atoms. The highest BCUT2D eigenvalue weighted by molar-refractivity contribution is 7.71. The van der Waals surface area contributed by atoms with E-state index in [-0.39, 0.29) is 5.82 Å². The van der Waals surface area contributed by atoms with Gasteiger partial charge in [0.1, 0.15) is 11.9 Å². The molecular formula is C15H10FN3S. The number of imidazole rings is 1. The van der Waals surface area contributed by atoms with Crippen LogP contribution in [0.4, 0.5) is 4.39 Å². The van der Waals surface area contributed by atoms with Gasteiger partial charge in [-0.15, -0.1) is 0 Å². The molecule has 2 aromatic carbocycles. The number of fused-ring (bicyclic) bond motifs is 1. The lowest BCUT2D eigenvalue weighted by molar-refractivity contribution is 0.600. The van der Waals surface area contributed by atoms with Gasteiger partial charge in [0.2, 0.25) is 0 Å². The predicted molar refractivity (Wildman–Crippen MR) is 77.3 cm³/mol. The van der Waals surface area contributed by atoms with Gasteiger partial charge < -0.3 is 9.55 Å².